The highest BCUT2D eigenvalue weighted by atomic mass is 16.5. The van der Waals surface area contributed by atoms with Gasteiger partial charge in [-0.15, -0.1) is 0 Å². The number of amides is 2. The van der Waals surface area contributed by atoms with Crippen molar-refractivity contribution in [1.82, 2.24) is 30.8 Å². The van der Waals surface area contributed by atoms with Gasteiger partial charge in [-0.25, -0.2) is 4.79 Å². The molecule has 1 aliphatic rings. The zero-order valence-electron chi connectivity index (χ0n) is 32.8. The Balaban J connectivity index is 1.80. The van der Waals surface area contributed by atoms with E-state index in [0.29, 0.717) is 38.2 Å². The highest BCUT2D eigenvalue weighted by Crippen LogP contribution is 2.32. The van der Waals surface area contributed by atoms with Crippen LogP contribution in [0.5, 0.6) is 0 Å². The molecule has 1 aliphatic heterocycles. The van der Waals surface area contributed by atoms with Crippen molar-refractivity contribution in [3.63, 3.8) is 0 Å². The molecule has 17 nitrogen and oxygen atoms in total. The molecule has 0 bridgehead atoms. The standard InChI is InChI=1S/C38H66N8O9/c1-3-4-5-6-7-8-9-10-11-12-13-14-15-19-27(44-30(47)20-16-17-22-43-37(39)40-2)34(51)42-24-18-23-41-28(36(52)53)26-29-32(49)33(50)35(55-29)46-25-21-31(48)45-38(46)54/h21,25,27-28,33,35,41,49-50H,3-20,22-24,26H2,1-2H3,(H,42,51)(H,44,47)(H,52,53)(H3,39,40,43)(H,45,48,54)/t27-,28+,33?,35-/m1/s1. The molecule has 2 amide bonds. The van der Waals surface area contributed by atoms with Crippen molar-refractivity contribution in [1.29, 1.82) is 0 Å². The highest BCUT2D eigenvalue weighted by molar-refractivity contribution is 5.87. The minimum atomic E-state index is -1.66. The molecule has 0 fully saturated rings. The summed E-state index contributed by atoms with van der Waals surface area (Å²) >= 11 is 0. The number of unbranched alkanes of at least 4 members (excludes halogenated alkanes) is 13. The Hall–Kier alpha value is -4.38. The SMILES string of the molecule is CCCCCCCCCCCCCCC[C@@H](NC(=O)CCCCNC(N)=NC)C(=O)NCCCN[C@@H](CC1=C(O)C(O)[C@H](n2ccc(=O)[nH]c2=O)O1)C(=O)O. The number of aliphatic imine (C=N–C) groups is 1. The second-order valence-corrected chi connectivity index (χ2v) is 14.1. The molecule has 312 valence electrons. The second-order valence-electron chi connectivity index (χ2n) is 14.1. The van der Waals surface area contributed by atoms with Gasteiger partial charge in [0.05, 0.1) is 0 Å². The normalized spacial score (nSPS) is 16.7. The van der Waals surface area contributed by atoms with Crippen LogP contribution in [0.25, 0.3) is 0 Å². The van der Waals surface area contributed by atoms with Gasteiger partial charge in [0.2, 0.25) is 18.0 Å². The van der Waals surface area contributed by atoms with Crippen LogP contribution < -0.4 is 38.2 Å². The van der Waals surface area contributed by atoms with Crippen LogP contribution in [0.1, 0.15) is 135 Å². The summed E-state index contributed by atoms with van der Waals surface area (Å²) in [5.74, 6) is -2.25. The van der Waals surface area contributed by atoms with Crippen molar-refractivity contribution in [3.05, 3.63) is 44.6 Å². The largest absolute Gasteiger partial charge is 0.506 e. The van der Waals surface area contributed by atoms with E-state index in [1.165, 1.54) is 57.8 Å². The third-order valence-corrected chi connectivity index (χ3v) is 9.58. The Morgan fingerprint density at radius 2 is 1.51 bits per heavy atom. The number of nitrogens with two attached hydrogens (primary N) is 1. The van der Waals surface area contributed by atoms with Gasteiger partial charge in [-0.3, -0.25) is 33.7 Å². The van der Waals surface area contributed by atoms with Crippen LogP contribution in [0.3, 0.4) is 0 Å². The van der Waals surface area contributed by atoms with E-state index in [-0.39, 0.29) is 43.5 Å². The first-order chi connectivity index (χ1) is 26.5. The van der Waals surface area contributed by atoms with Crippen molar-refractivity contribution in [2.75, 3.05) is 26.7 Å². The molecule has 2 heterocycles. The van der Waals surface area contributed by atoms with E-state index >= 15 is 0 Å². The first-order valence-corrected chi connectivity index (χ1v) is 20.1. The number of aromatic nitrogens is 2. The molecule has 0 saturated heterocycles. The number of aliphatic hydroxyl groups excluding tert-OH is 2. The Bertz CT molecular complexity index is 1480. The second kappa shape index (κ2) is 27.2. The van der Waals surface area contributed by atoms with Crippen molar-refractivity contribution in [3.8, 4) is 0 Å². The van der Waals surface area contributed by atoms with Crippen LogP contribution in [0.15, 0.2) is 38.4 Å². The summed E-state index contributed by atoms with van der Waals surface area (Å²) in [6.45, 7) is 3.21. The molecule has 0 radical (unpaired) electrons. The minimum absolute atomic E-state index is 0.174. The van der Waals surface area contributed by atoms with E-state index in [9.17, 15) is 39.3 Å². The fourth-order valence-corrected chi connectivity index (χ4v) is 6.30. The fraction of sp³-hybridized carbons (Fsp3) is 0.737. The number of carboxylic acids is 1. The summed E-state index contributed by atoms with van der Waals surface area (Å²) in [7, 11) is 1.59. The monoisotopic (exact) mass is 778 g/mol. The first-order valence-electron chi connectivity index (χ1n) is 20.1. The molecule has 0 spiro atoms. The van der Waals surface area contributed by atoms with Gasteiger partial charge in [0.1, 0.15) is 17.8 Å². The van der Waals surface area contributed by atoms with Crippen LogP contribution in [0.4, 0.5) is 0 Å². The number of nitrogens with one attached hydrogen (secondary N) is 5. The maximum absolute atomic E-state index is 13.2. The number of carbonyl (C=O) groups is 3. The fourth-order valence-electron chi connectivity index (χ4n) is 6.30. The molecular weight excluding hydrogens is 712 g/mol. The molecule has 1 aromatic rings. The maximum Gasteiger partial charge on any atom is 0.331 e. The lowest BCUT2D eigenvalue weighted by Crippen LogP contribution is -2.47. The number of aromatic amines is 1. The maximum atomic E-state index is 13.2. The highest BCUT2D eigenvalue weighted by Gasteiger charge is 2.39. The number of aliphatic hydroxyl groups is 2. The number of carbonyl (C=O) groups excluding carboxylic acids is 2. The number of ether oxygens (including phenoxy) is 1. The van der Waals surface area contributed by atoms with E-state index in [1.807, 2.05) is 4.98 Å². The number of aliphatic carboxylic acids is 1. The van der Waals surface area contributed by atoms with Crippen molar-refractivity contribution >= 4 is 23.7 Å². The predicted octanol–water partition coefficient (Wildman–Crippen LogP) is 2.81. The summed E-state index contributed by atoms with van der Waals surface area (Å²) in [5.41, 5.74) is 4.11. The van der Waals surface area contributed by atoms with E-state index in [0.717, 1.165) is 42.5 Å². The Morgan fingerprint density at radius 3 is 2.11 bits per heavy atom. The summed E-state index contributed by atoms with van der Waals surface area (Å²) in [6, 6.07) is -0.871. The number of H-pyrrole nitrogens is 1. The molecule has 4 atom stereocenters. The smallest absolute Gasteiger partial charge is 0.331 e. The first kappa shape index (κ1) is 46.8. The summed E-state index contributed by atoms with van der Waals surface area (Å²) < 4.78 is 6.42. The number of carboxylic acid groups (broad SMARTS) is 1. The lowest BCUT2D eigenvalue weighted by molar-refractivity contribution is -0.139. The number of hydrogen-bond donors (Lipinski definition) is 9. The molecule has 2 rings (SSSR count). The average Bonchev–Trinajstić information content (AvgIpc) is 3.43. The van der Waals surface area contributed by atoms with Gasteiger partial charge in [-0.1, -0.05) is 90.4 Å². The summed E-state index contributed by atoms with van der Waals surface area (Å²) in [6.07, 6.45) is 15.8. The lowest BCUT2D eigenvalue weighted by atomic mass is 10.0. The van der Waals surface area contributed by atoms with Crippen LogP contribution in [-0.4, -0.2) is 93.5 Å². The van der Waals surface area contributed by atoms with Gasteiger partial charge < -0.3 is 47.1 Å². The molecule has 10 N–H and O–H groups in total. The number of rotatable bonds is 30. The Morgan fingerprint density at radius 1 is 0.891 bits per heavy atom. The zero-order valence-corrected chi connectivity index (χ0v) is 32.8. The molecule has 0 saturated carbocycles. The van der Waals surface area contributed by atoms with Gasteiger partial charge in [0.25, 0.3) is 5.56 Å². The van der Waals surface area contributed by atoms with Crippen molar-refractivity contribution < 1.29 is 34.4 Å². The Kier molecular flexibility index (Phi) is 23.2. The molecule has 17 heteroatoms. The van der Waals surface area contributed by atoms with Crippen LogP contribution in [-0.2, 0) is 19.1 Å². The van der Waals surface area contributed by atoms with Gasteiger partial charge in [-0.05, 0) is 32.2 Å². The van der Waals surface area contributed by atoms with Crippen LogP contribution in [0.2, 0.25) is 0 Å². The summed E-state index contributed by atoms with van der Waals surface area (Å²) in [4.78, 5) is 67.4. The quantitative estimate of drug-likeness (QED) is 0.0310. The van der Waals surface area contributed by atoms with Crippen LogP contribution >= 0.6 is 0 Å². The number of hydrogen-bond acceptors (Lipinski definition) is 10. The lowest BCUT2D eigenvalue weighted by Gasteiger charge is -2.20. The topological polar surface area (TPSA) is 262 Å². The van der Waals surface area contributed by atoms with Gasteiger partial charge >= 0.3 is 11.7 Å². The predicted molar refractivity (Wildman–Crippen MR) is 210 cm³/mol. The third kappa shape index (κ3) is 18.7. The minimum Gasteiger partial charge on any atom is -0.506 e. The van der Waals surface area contributed by atoms with E-state index < -0.39 is 47.4 Å². The van der Waals surface area contributed by atoms with Crippen molar-refractivity contribution in [2.45, 2.75) is 153 Å². The molecule has 0 aliphatic carbocycles. The molecule has 0 aromatic carbocycles. The van der Waals surface area contributed by atoms with Gasteiger partial charge in [0, 0.05) is 45.2 Å². The van der Waals surface area contributed by atoms with E-state index in [4.69, 9.17) is 10.5 Å². The van der Waals surface area contributed by atoms with Crippen LogP contribution in [0, 0.1) is 0 Å². The Labute approximate surface area is 324 Å². The zero-order chi connectivity index (χ0) is 40.4. The molecule has 55 heavy (non-hydrogen) atoms. The molecule has 1 aromatic heterocycles. The van der Waals surface area contributed by atoms with Crippen molar-refractivity contribution in [2.24, 2.45) is 10.7 Å². The molecular formula is C38H66N8O9. The van der Waals surface area contributed by atoms with E-state index in [1.54, 1.807) is 7.05 Å². The average molecular weight is 779 g/mol. The van der Waals surface area contributed by atoms with Gasteiger partial charge in [0.15, 0.2) is 17.8 Å². The summed E-state index contributed by atoms with van der Waals surface area (Å²) in [5, 5.41) is 42.2. The van der Waals surface area contributed by atoms with E-state index in [2.05, 4.69) is 33.2 Å². The third-order valence-electron chi connectivity index (χ3n) is 9.58. The molecule has 1 unspecified atom stereocenters. The number of guanidine groups is 1. The van der Waals surface area contributed by atoms with Gasteiger partial charge in [-0.2, -0.15) is 0 Å². The number of nitrogens with zero attached hydrogens (tertiary/aromatic N) is 2.